The molecule has 0 aromatic heterocycles. The van der Waals surface area contributed by atoms with Crippen LogP contribution in [0.15, 0.2) is 30.3 Å². The summed E-state index contributed by atoms with van der Waals surface area (Å²) in [5, 5.41) is 0. The fourth-order valence-electron chi connectivity index (χ4n) is 1.32. The number of esters is 1. The Hall–Kier alpha value is -1.57. The van der Waals surface area contributed by atoms with Gasteiger partial charge in [0.25, 0.3) is 0 Å². The SMILES string of the molecule is CCc1ccc(C(C)=CC(=O)OC)cc1. The summed E-state index contributed by atoms with van der Waals surface area (Å²) in [5.74, 6) is -0.313. The molecule has 15 heavy (non-hydrogen) atoms. The molecule has 0 spiro atoms. The molecule has 0 aliphatic rings. The normalized spacial score (nSPS) is 11.3. The molecule has 0 aliphatic heterocycles. The summed E-state index contributed by atoms with van der Waals surface area (Å²) in [4.78, 5) is 11.0. The fraction of sp³-hybridized carbons (Fsp3) is 0.308. The van der Waals surface area contributed by atoms with E-state index in [9.17, 15) is 4.79 Å². The van der Waals surface area contributed by atoms with Crippen molar-refractivity contribution in [2.75, 3.05) is 7.11 Å². The molecule has 0 saturated heterocycles. The van der Waals surface area contributed by atoms with Crippen LogP contribution >= 0.6 is 0 Å². The van der Waals surface area contributed by atoms with Gasteiger partial charge in [-0.1, -0.05) is 31.2 Å². The second-order valence-electron chi connectivity index (χ2n) is 3.40. The van der Waals surface area contributed by atoms with Gasteiger partial charge in [0.1, 0.15) is 0 Å². The zero-order valence-corrected chi connectivity index (χ0v) is 9.41. The molecule has 0 heterocycles. The molecule has 0 aliphatic carbocycles. The first-order valence-corrected chi connectivity index (χ1v) is 5.03. The summed E-state index contributed by atoms with van der Waals surface area (Å²) in [6.45, 7) is 4.02. The minimum Gasteiger partial charge on any atom is -0.466 e. The molecule has 0 unspecified atom stereocenters. The third-order valence-electron chi connectivity index (χ3n) is 2.35. The van der Waals surface area contributed by atoms with Crippen LogP contribution in [-0.2, 0) is 16.0 Å². The van der Waals surface area contributed by atoms with E-state index in [1.807, 2.05) is 19.1 Å². The van der Waals surface area contributed by atoms with Gasteiger partial charge in [-0.05, 0) is 30.0 Å². The Bertz CT molecular complexity index is 361. The van der Waals surface area contributed by atoms with Crippen LogP contribution in [0.1, 0.15) is 25.0 Å². The maximum absolute atomic E-state index is 11.0. The molecule has 0 amide bonds. The highest BCUT2D eigenvalue weighted by Gasteiger charge is 1.99. The van der Waals surface area contributed by atoms with Gasteiger partial charge < -0.3 is 4.74 Å². The van der Waals surface area contributed by atoms with Crippen LogP contribution in [0.4, 0.5) is 0 Å². The van der Waals surface area contributed by atoms with Gasteiger partial charge in [-0.15, -0.1) is 0 Å². The number of hydrogen-bond acceptors (Lipinski definition) is 2. The zero-order chi connectivity index (χ0) is 11.3. The molecular formula is C13H16O2. The lowest BCUT2D eigenvalue weighted by molar-refractivity contribution is -0.134. The summed E-state index contributed by atoms with van der Waals surface area (Å²) in [6, 6.07) is 8.19. The minimum absolute atomic E-state index is 0.313. The maximum atomic E-state index is 11.0. The van der Waals surface area contributed by atoms with Crippen molar-refractivity contribution in [3.05, 3.63) is 41.5 Å². The Morgan fingerprint density at radius 1 is 1.33 bits per heavy atom. The van der Waals surface area contributed by atoms with E-state index in [0.717, 1.165) is 17.6 Å². The van der Waals surface area contributed by atoms with Crippen LogP contribution in [0.3, 0.4) is 0 Å². The van der Waals surface area contributed by atoms with Crippen molar-refractivity contribution in [1.82, 2.24) is 0 Å². The number of ether oxygens (including phenoxy) is 1. The lowest BCUT2D eigenvalue weighted by Crippen LogP contribution is -1.95. The molecule has 0 bridgehead atoms. The number of aryl methyl sites for hydroxylation is 1. The number of hydrogen-bond donors (Lipinski definition) is 0. The Morgan fingerprint density at radius 2 is 1.93 bits per heavy atom. The van der Waals surface area contributed by atoms with Gasteiger partial charge >= 0.3 is 5.97 Å². The summed E-state index contributed by atoms with van der Waals surface area (Å²) < 4.78 is 4.57. The topological polar surface area (TPSA) is 26.3 Å². The predicted molar refractivity (Wildman–Crippen MR) is 61.5 cm³/mol. The number of carbonyl (C=O) groups is 1. The Morgan fingerprint density at radius 3 is 2.40 bits per heavy atom. The fourth-order valence-corrected chi connectivity index (χ4v) is 1.32. The highest BCUT2D eigenvalue weighted by molar-refractivity contribution is 5.90. The van der Waals surface area contributed by atoms with Gasteiger partial charge in [-0.3, -0.25) is 0 Å². The molecule has 1 rings (SSSR count). The lowest BCUT2D eigenvalue weighted by Gasteiger charge is -2.02. The van der Waals surface area contributed by atoms with Gasteiger partial charge in [0.2, 0.25) is 0 Å². The molecule has 2 nitrogen and oxygen atoms in total. The number of carbonyl (C=O) groups excluding carboxylic acids is 1. The van der Waals surface area contributed by atoms with E-state index in [1.165, 1.54) is 18.7 Å². The van der Waals surface area contributed by atoms with Crippen molar-refractivity contribution in [2.24, 2.45) is 0 Å². The number of allylic oxidation sites excluding steroid dienone is 1. The predicted octanol–water partition coefficient (Wildman–Crippen LogP) is 2.83. The highest BCUT2D eigenvalue weighted by atomic mass is 16.5. The molecule has 0 atom stereocenters. The number of benzene rings is 1. The zero-order valence-electron chi connectivity index (χ0n) is 9.41. The van der Waals surface area contributed by atoms with Crippen LogP contribution in [0, 0.1) is 0 Å². The summed E-state index contributed by atoms with van der Waals surface area (Å²) in [6.07, 6.45) is 2.53. The van der Waals surface area contributed by atoms with E-state index in [-0.39, 0.29) is 5.97 Å². The minimum atomic E-state index is -0.313. The van der Waals surface area contributed by atoms with E-state index < -0.39 is 0 Å². The second kappa shape index (κ2) is 5.35. The van der Waals surface area contributed by atoms with Crippen molar-refractivity contribution in [3.8, 4) is 0 Å². The molecule has 1 aromatic rings. The molecule has 0 N–H and O–H groups in total. The Balaban J connectivity index is 2.87. The Labute approximate surface area is 90.6 Å². The lowest BCUT2D eigenvalue weighted by atomic mass is 10.0. The number of methoxy groups -OCH3 is 1. The first-order chi connectivity index (χ1) is 7.17. The Kier molecular flexibility index (Phi) is 4.10. The van der Waals surface area contributed by atoms with Crippen molar-refractivity contribution in [3.63, 3.8) is 0 Å². The third-order valence-corrected chi connectivity index (χ3v) is 2.35. The average molecular weight is 204 g/mol. The highest BCUT2D eigenvalue weighted by Crippen LogP contribution is 2.14. The van der Waals surface area contributed by atoms with Crippen LogP contribution in [0.5, 0.6) is 0 Å². The summed E-state index contributed by atoms with van der Waals surface area (Å²) in [5.41, 5.74) is 3.27. The van der Waals surface area contributed by atoms with Crippen LogP contribution in [-0.4, -0.2) is 13.1 Å². The molecule has 0 saturated carbocycles. The van der Waals surface area contributed by atoms with Crippen molar-refractivity contribution >= 4 is 11.5 Å². The van der Waals surface area contributed by atoms with Crippen molar-refractivity contribution in [1.29, 1.82) is 0 Å². The quantitative estimate of drug-likeness (QED) is 0.559. The third kappa shape index (κ3) is 3.24. The van der Waals surface area contributed by atoms with Crippen LogP contribution < -0.4 is 0 Å². The monoisotopic (exact) mass is 204 g/mol. The molecule has 0 radical (unpaired) electrons. The number of rotatable bonds is 3. The van der Waals surface area contributed by atoms with Gasteiger partial charge in [-0.25, -0.2) is 4.79 Å². The largest absolute Gasteiger partial charge is 0.466 e. The van der Waals surface area contributed by atoms with Crippen molar-refractivity contribution < 1.29 is 9.53 Å². The average Bonchev–Trinajstić information content (AvgIpc) is 2.29. The van der Waals surface area contributed by atoms with E-state index in [0.29, 0.717) is 0 Å². The van der Waals surface area contributed by atoms with Gasteiger partial charge in [0, 0.05) is 6.08 Å². The second-order valence-corrected chi connectivity index (χ2v) is 3.40. The standard InChI is InChI=1S/C13H16O2/c1-4-11-5-7-12(8-6-11)10(2)9-13(14)15-3/h5-9H,4H2,1-3H3. The molecule has 1 aromatic carbocycles. The van der Waals surface area contributed by atoms with E-state index in [2.05, 4.69) is 23.8 Å². The summed E-state index contributed by atoms with van der Waals surface area (Å²) in [7, 11) is 1.38. The maximum Gasteiger partial charge on any atom is 0.330 e. The van der Waals surface area contributed by atoms with Gasteiger partial charge in [0.15, 0.2) is 0 Å². The molecule has 2 heteroatoms. The van der Waals surface area contributed by atoms with Crippen LogP contribution in [0.25, 0.3) is 5.57 Å². The first-order valence-electron chi connectivity index (χ1n) is 5.03. The first kappa shape index (κ1) is 11.5. The van der Waals surface area contributed by atoms with E-state index >= 15 is 0 Å². The van der Waals surface area contributed by atoms with Gasteiger partial charge in [0.05, 0.1) is 7.11 Å². The molecule has 80 valence electrons. The smallest absolute Gasteiger partial charge is 0.330 e. The van der Waals surface area contributed by atoms with E-state index in [1.54, 1.807) is 0 Å². The van der Waals surface area contributed by atoms with Crippen LogP contribution in [0.2, 0.25) is 0 Å². The van der Waals surface area contributed by atoms with Crippen molar-refractivity contribution in [2.45, 2.75) is 20.3 Å². The molecular weight excluding hydrogens is 188 g/mol. The summed E-state index contributed by atoms with van der Waals surface area (Å²) >= 11 is 0. The van der Waals surface area contributed by atoms with Gasteiger partial charge in [-0.2, -0.15) is 0 Å². The van der Waals surface area contributed by atoms with E-state index in [4.69, 9.17) is 0 Å². The molecule has 0 fully saturated rings.